The van der Waals surface area contributed by atoms with Crippen molar-refractivity contribution >= 4 is 22.9 Å². The fourth-order valence-corrected chi connectivity index (χ4v) is 2.10. The molecule has 0 spiro atoms. The Morgan fingerprint density at radius 1 is 1.29 bits per heavy atom. The summed E-state index contributed by atoms with van der Waals surface area (Å²) < 4.78 is 0. The van der Waals surface area contributed by atoms with E-state index in [1.165, 1.54) is 11.3 Å². The lowest BCUT2D eigenvalue weighted by Crippen LogP contribution is -2.45. The maximum atomic E-state index is 12.1. The van der Waals surface area contributed by atoms with E-state index in [0.717, 1.165) is 11.3 Å². The number of nitrogens with one attached hydrogen (secondary N) is 1. The molecule has 0 bridgehead atoms. The van der Waals surface area contributed by atoms with Gasteiger partial charge < -0.3 is 11.1 Å². The lowest BCUT2D eigenvalue weighted by atomic mass is 9.92. The molecule has 0 radical (unpaired) electrons. The van der Waals surface area contributed by atoms with Crippen molar-refractivity contribution in [3.8, 4) is 0 Å². The lowest BCUT2D eigenvalue weighted by Gasteiger charge is -2.23. The quantitative estimate of drug-likeness (QED) is 0.874. The van der Waals surface area contributed by atoms with Crippen LogP contribution in [-0.2, 0) is 10.3 Å². The SMILES string of the molecule is CC(N)(C(=O)Nc1ccsc1)c1ccccc1. The Morgan fingerprint density at radius 3 is 2.59 bits per heavy atom. The van der Waals surface area contributed by atoms with Crippen LogP contribution in [0.15, 0.2) is 47.2 Å². The zero-order valence-electron chi connectivity index (χ0n) is 9.51. The average Bonchev–Trinajstić information content (AvgIpc) is 2.83. The van der Waals surface area contributed by atoms with Gasteiger partial charge in [-0.15, -0.1) is 0 Å². The third kappa shape index (κ3) is 2.54. The largest absolute Gasteiger partial charge is 0.323 e. The molecule has 88 valence electrons. The van der Waals surface area contributed by atoms with Gasteiger partial charge >= 0.3 is 0 Å². The zero-order chi connectivity index (χ0) is 12.3. The predicted octanol–water partition coefficient (Wildman–Crippen LogP) is 2.56. The number of amides is 1. The second-order valence-electron chi connectivity index (χ2n) is 4.03. The lowest BCUT2D eigenvalue weighted by molar-refractivity contribution is -0.120. The van der Waals surface area contributed by atoms with Crippen LogP contribution in [0.4, 0.5) is 5.69 Å². The molecule has 1 aromatic carbocycles. The highest BCUT2D eigenvalue weighted by atomic mass is 32.1. The zero-order valence-corrected chi connectivity index (χ0v) is 10.3. The summed E-state index contributed by atoms with van der Waals surface area (Å²) in [7, 11) is 0. The first kappa shape index (κ1) is 11.8. The molecule has 0 aliphatic rings. The summed E-state index contributed by atoms with van der Waals surface area (Å²) in [6.45, 7) is 1.71. The monoisotopic (exact) mass is 246 g/mol. The molecule has 1 unspecified atom stereocenters. The number of nitrogens with two attached hydrogens (primary N) is 1. The molecule has 17 heavy (non-hydrogen) atoms. The van der Waals surface area contributed by atoms with Crippen LogP contribution in [0.3, 0.4) is 0 Å². The standard InChI is InChI=1S/C13H14N2OS/c1-13(14,10-5-3-2-4-6-10)12(16)15-11-7-8-17-9-11/h2-9H,14H2,1H3,(H,15,16). The van der Waals surface area contributed by atoms with Crippen LogP contribution in [0.1, 0.15) is 12.5 Å². The number of carbonyl (C=O) groups is 1. The normalized spacial score (nSPS) is 14.0. The van der Waals surface area contributed by atoms with Crippen molar-refractivity contribution in [2.75, 3.05) is 5.32 Å². The minimum atomic E-state index is -1.02. The number of benzene rings is 1. The Morgan fingerprint density at radius 2 is 2.00 bits per heavy atom. The molecule has 4 heteroatoms. The van der Waals surface area contributed by atoms with Crippen molar-refractivity contribution in [1.82, 2.24) is 0 Å². The number of thiophene rings is 1. The highest BCUT2D eigenvalue weighted by Crippen LogP contribution is 2.20. The third-order valence-corrected chi connectivity index (χ3v) is 3.31. The van der Waals surface area contributed by atoms with E-state index in [-0.39, 0.29) is 5.91 Å². The highest BCUT2D eigenvalue weighted by molar-refractivity contribution is 7.08. The van der Waals surface area contributed by atoms with E-state index in [1.807, 2.05) is 47.2 Å². The van der Waals surface area contributed by atoms with Gasteiger partial charge in [0.15, 0.2) is 0 Å². The Labute approximate surface area is 104 Å². The van der Waals surface area contributed by atoms with E-state index in [2.05, 4.69) is 5.32 Å². The summed E-state index contributed by atoms with van der Waals surface area (Å²) in [4.78, 5) is 12.1. The summed E-state index contributed by atoms with van der Waals surface area (Å²) in [5, 5.41) is 6.59. The van der Waals surface area contributed by atoms with Gasteiger partial charge in [-0.25, -0.2) is 0 Å². The van der Waals surface area contributed by atoms with E-state index in [9.17, 15) is 4.79 Å². The molecule has 2 rings (SSSR count). The predicted molar refractivity (Wildman–Crippen MR) is 70.9 cm³/mol. The van der Waals surface area contributed by atoms with Gasteiger partial charge in [0.1, 0.15) is 5.54 Å². The van der Waals surface area contributed by atoms with Crippen LogP contribution < -0.4 is 11.1 Å². The van der Waals surface area contributed by atoms with Crippen molar-refractivity contribution in [1.29, 1.82) is 0 Å². The first-order chi connectivity index (χ1) is 8.10. The van der Waals surface area contributed by atoms with Crippen molar-refractivity contribution in [2.24, 2.45) is 5.73 Å². The van der Waals surface area contributed by atoms with Gasteiger partial charge in [0.2, 0.25) is 5.91 Å². The average molecular weight is 246 g/mol. The highest BCUT2D eigenvalue weighted by Gasteiger charge is 2.30. The molecule has 1 atom stereocenters. The summed E-state index contributed by atoms with van der Waals surface area (Å²) in [5.41, 5.74) is 6.65. The Bertz CT molecular complexity index is 491. The second-order valence-corrected chi connectivity index (χ2v) is 4.81. The molecule has 0 fully saturated rings. The molecule has 0 saturated heterocycles. The Hall–Kier alpha value is -1.65. The number of hydrogen-bond acceptors (Lipinski definition) is 3. The van der Waals surface area contributed by atoms with E-state index < -0.39 is 5.54 Å². The molecule has 2 aromatic rings. The summed E-state index contributed by atoms with van der Waals surface area (Å²) in [6.07, 6.45) is 0. The van der Waals surface area contributed by atoms with Gasteiger partial charge in [-0.05, 0) is 23.9 Å². The summed E-state index contributed by atoms with van der Waals surface area (Å²) in [5.74, 6) is -0.206. The number of carbonyl (C=O) groups excluding carboxylic acids is 1. The number of anilines is 1. The van der Waals surface area contributed by atoms with Crippen LogP contribution >= 0.6 is 11.3 Å². The first-order valence-corrected chi connectivity index (χ1v) is 6.23. The topological polar surface area (TPSA) is 55.1 Å². The van der Waals surface area contributed by atoms with E-state index >= 15 is 0 Å². The van der Waals surface area contributed by atoms with Gasteiger partial charge in [0.25, 0.3) is 0 Å². The van der Waals surface area contributed by atoms with Crippen LogP contribution in [0.5, 0.6) is 0 Å². The molecule has 1 aromatic heterocycles. The van der Waals surface area contributed by atoms with E-state index in [0.29, 0.717) is 0 Å². The number of rotatable bonds is 3. The molecule has 0 aliphatic heterocycles. The molecule has 1 heterocycles. The van der Waals surface area contributed by atoms with E-state index in [1.54, 1.807) is 6.92 Å². The minimum absolute atomic E-state index is 0.206. The smallest absolute Gasteiger partial charge is 0.248 e. The molecular weight excluding hydrogens is 232 g/mol. The fourth-order valence-electron chi connectivity index (χ4n) is 1.51. The van der Waals surface area contributed by atoms with Gasteiger partial charge in [-0.2, -0.15) is 11.3 Å². The first-order valence-electron chi connectivity index (χ1n) is 5.29. The van der Waals surface area contributed by atoms with E-state index in [4.69, 9.17) is 5.73 Å². The maximum Gasteiger partial charge on any atom is 0.248 e. The number of hydrogen-bond donors (Lipinski definition) is 2. The molecule has 1 amide bonds. The van der Waals surface area contributed by atoms with Crippen molar-refractivity contribution in [3.63, 3.8) is 0 Å². The van der Waals surface area contributed by atoms with Crippen LogP contribution in [0.25, 0.3) is 0 Å². The van der Waals surface area contributed by atoms with Crippen LogP contribution in [0.2, 0.25) is 0 Å². The second kappa shape index (κ2) is 4.69. The van der Waals surface area contributed by atoms with Crippen LogP contribution in [-0.4, -0.2) is 5.91 Å². The van der Waals surface area contributed by atoms with Gasteiger partial charge in [0, 0.05) is 5.38 Å². The van der Waals surface area contributed by atoms with Crippen molar-refractivity contribution in [3.05, 3.63) is 52.7 Å². The van der Waals surface area contributed by atoms with Crippen molar-refractivity contribution < 1.29 is 4.79 Å². The third-order valence-electron chi connectivity index (χ3n) is 2.62. The Kier molecular flexibility index (Phi) is 3.26. The van der Waals surface area contributed by atoms with Crippen LogP contribution in [0, 0.1) is 0 Å². The van der Waals surface area contributed by atoms with Gasteiger partial charge in [-0.3, -0.25) is 4.79 Å². The molecule has 0 saturated carbocycles. The molecule has 0 aliphatic carbocycles. The maximum absolute atomic E-state index is 12.1. The van der Waals surface area contributed by atoms with Crippen molar-refractivity contribution in [2.45, 2.75) is 12.5 Å². The fraction of sp³-hybridized carbons (Fsp3) is 0.154. The molecule has 3 nitrogen and oxygen atoms in total. The minimum Gasteiger partial charge on any atom is -0.323 e. The summed E-state index contributed by atoms with van der Waals surface area (Å²) in [6, 6.07) is 11.2. The summed E-state index contributed by atoms with van der Waals surface area (Å²) >= 11 is 1.53. The Balaban J connectivity index is 2.18. The van der Waals surface area contributed by atoms with Gasteiger partial charge in [0.05, 0.1) is 5.69 Å². The van der Waals surface area contributed by atoms with Gasteiger partial charge in [-0.1, -0.05) is 30.3 Å². The molecule has 3 N–H and O–H groups in total. The molecular formula is C13H14N2OS.